The van der Waals surface area contributed by atoms with E-state index in [0.29, 0.717) is 24.7 Å². The Bertz CT molecular complexity index is 245. The second-order valence-corrected chi connectivity index (χ2v) is 4.84. The van der Waals surface area contributed by atoms with Gasteiger partial charge in [0.1, 0.15) is 0 Å². The van der Waals surface area contributed by atoms with Gasteiger partial charge in [0.2, 0.25) is 0 Å². The van der Waals surface area contributed by atoms with Crippen LogP contribution in [0.3, 0.4) is 0 Å². The fraction of sp³-hybridized carbons (Fsp3) is 0.909. The van der Waals surface area contributed by atoms with Crippen molar-refractivity contribution in [3.8, 4) is 0 Å². The van der Waals surface area contributed by atoms with Crippen LogP contribution in [-0.2, 0) is 9.47 Å². The highest BCUT2D eigenvalue weighted by molar-refractivity contribution is 5.67. The van der Waals surface area contributed by atoms with Crippen molar-refractivity contribution in [1.29, 1.82) is 0 Å². The molecule has 1 aliphatic carbocycles. The Balaban J connectivity index is 1.65. The number of rotatable bonds is 0. The van der Waals surface area contributed by atoms with Crippen molar-refractivity contribution in [3.05, 3.63) is 0 Å². The number of nitrogens with one attached hydrogen (secondary N) is 1. The van der Waals surface area contributed by atoms with Gasteiger partial charge < -0.3 is 14.8 Å². The number of hydrogen-bond acceptors (Lipinski definition) is 3. The van der Waals surface area contributed by atoms with E-state index in [4.69, 9.17) is 9.47 Å². The fourth-order valence-electron chi connectivity index (χ4n) is 3.00. The lowest BCUT2D eigenvalue weighted by Crippen LogP contribution is -2.28. The first-order chi connectivity index (χ1) is 7.33. The minimum absolute atomic E-state index is 0.255. The molecule has 2 heterocycles. The molecule has 15 heavy (non-hydrogen) atoms. The molecule has 4 nitrogen and oxygen atoms in total. The van der Waals surface area contributed by atoms with Gasteiger partial charge >= 0.3 is 6.09 Å². The average molecular weight is 211 g/mol. The van der Waals surface area contributed by atoms with Crippen LogP contribution in [0.2, 0.25) is 0 Å². The molecule has 84 valence electrons. The summed E-state index contributed by atoms with van der Waals surface area (Å²) in [6, 6.07) is 0. The summed E-state index contributed by atoms with van der Waals surface area (Å²) >= 11 is 0. The Hall–Kier alpha value is -0.770. The third-order valence-electron chi connectivity index (χ3n) is 3.93. The van der Waals surface area contributed by atoms with E-state index in [1.165, 1.54) is 12.8 Å². The number of carbonyl (C=O) groups excluding carboxylic acids is 1. The van der Waals surface area contributed by atoms with Crippen LogP contribution in [0.25, 0.3) is 0 Å². The molecule has 0 radical (unpaired) electrons. The SMILES string of the molecule is O=C1NCC[C@@H]2C[C@@H]3O[C@@H]3C[C@H]2CCO1. The van der Waals surface area contributed by atoms with Gasteiger partial charge in [-0.05, 0) is 37.5 Å². The van der Waals surface area contributed by atoms with Gasteiger partial charge in [0.25, 0.3) is 0 Å². The molecule has 1 N–H and O–H groups in total. The van der Waals surface area contributed by atoms with Crippen molar-refractivity contribution in [1.82, 2.24) is 5.32 Å². The fourth-order valence-corrected chi connectivity index (χ4v) is 3.00. The summed E-state index contributed by atoms with van der Waals surface area (Å²) in [6.07, 6.45) is 5.24. The smallest absolute Gasteiger partial charge is 0.407 e. The summed E-state index contributed by atoms with van der Waals surface area (Å²) in [4.78, 5) is 11.1. The molecule has 0 aromatic heterocycles. The number of ether oxygens (including phenoxy) is 2. The van der Waals surface area contributed by atoms with Crippen LogP contribution in [0.4, 0.5) is 4.79 Å². The van der Waals surface area contributed by atoms with Crippen LogP contribution in [0, 0.1) is 11.8 Å². The van der Waals surface area contributed by atoms with Crippen LogP contribution in [0.15, 0.2) is 0 Å². The number of carbonyl (C=O) groups is 1. The lowest BCUT2D eigenvalue weighted by molar-refractivity contribution is 0.135. The van der Waals surface area contributed by atoms with E-state index in [2.05, 4.69) is 5.32 Å². The molecule has 3 aliphatic rings. The molecule has 1 saturated carbocycles. The van der Waals surface area contributed by atoms with Gasteiger partial charge in [-0.3, -0.25) is 0 Å². The van der Waals surface area contributed by atoms with E-state index in [1.807, 2.05) is 0 Å². The van der Waals surface area contributed by atoms with Gasteiger partial charge in [0, 0.05) is 6.54 Å². The van der Waals surface area contributed by atoms with Gasteiger partial charge in [0.15, 0.2) is 0 Å². The second-order valence-electron chi connectivity index (χ2n) is 4.84. The predicted molar refractivity (Wildman–Crippen MR) is 53.5 cm³/mol. The molecule has 0 bridgehead atoms. The van der Waals surface area contributed by atoms with E-state index in [9.17, 15) is 4.79 Å². The van der Waals surface area contributed by atoms with Crippen LogP contribution >= 0.6 is 0 Å². The van der Waals surface area contributed by atoms with Gasteiger partial charge in [-0.1, -0.05) is 0 Å². The van der Waals surface area contributed by atoms with Crippen molar-refractivity contribution in [2.45, 2.75) is 37.9 Å². The molecule has 3 fully saturated rings. The molecule has 4 atom stereocenters. The summed E-state index contributed by atoms with van der Waals surface area (Å²) in [7, 11) is 0. The van der Waals surface area contributed by atoms with Gasteiger partial charge in [-0.2, -0.15) is 0 Å². The highest BCUT2D eigenvalue weighted by atomic mass is 16.6. The molecule has 0 spiro atoms. The maximum atomic E-state index is 11.1. The minimum atomic E-state index is -0.255. The van der Waals surface area contributed by atoms with Crippen LogP contribution < -0.4 is 5.32 Å². The number of alkyl carbamates (subject to hydrolysis) is 1. The number of cyclic esters (lactones) is 1. The third kappa shape index (κ3) is 1.95. The number of amides is 1. The molecule has 0 unspecified atom stereocenters. The number of hydrogen-bond donors (Lipinski definition) is 1. The first-order valence-corrected chi connectivity index (χ1v) is 5.89. The topological polar surface area (TPSA) is 50.9 Å². The van der Waals surface area contributed by atoms with Crippen LogP contribution in [-0.4, -0.2) is 31.5 Å². The Morgan fingerprint density at radius 1 is 1.13 bits per heavy atom. The zero-order valence-electron chi connectivity index (χ0n) is 8.78. The third-order valence-corrected chi connectivity index (χ3v) is 3.93. The molecule has 2 aliphatic heterocycles. The molecule has 3 rings (SSSR count). The largest absolute Gasteiger partial charge is 0.450 e. The summed E-state index contributed by atoms with van der Waals surface area (Å²) in [5.74, 6) is 1.41. The molecular formula is C11H17NO3. The molecule has 0 aromatic rings. The van der Waals surface area contributed by atoms with Gasteiger partial charge in [-0.15, -0.1) is 0 Å². The molecule has 4 heteroatoms. The van der Waals surface area contributed by atoms with Crippen molar-refractivity contribution in [3.63, 3.8) is 0 Å². The molecule has 0 aromatic carbocycles. The van der Waals surface area contributed by atoms with Crippen molar-refractivity contribution in [2.75, 3.05) is 13.2 Å². The van der Waals surface area contributed by atoms with E-state index in [-0.39, 0.29) is 6.09 Å². The number of fused-ring (bicyclic) bond motifs is 2. The zero-order valence-corrected chi connectivity index (χ0v) is 8.78. The Morgan fingerprint density at radius 2 is 1.87 bits per heavy atom. The minimum Gasteiger partial charge on any atom is -0.450 e. The Kier molecular flexibility index (Phi) is 2.31. The first kappa shape index (κ1) is 9.46. The molecular weight excluding hydrogens is 194 g/mol. The van der Waals surface area contributed by atoms with Gasteiger partial charge in [-0.25, -0.2) is 4.79 Å². The Labute approximate surface area is 89.3 Å². The standard InChI is InChI=1S/C11H17NO3/c13-11-12-3-1-7-5-9-10(15-9)6-8(7)2-4-14-11/h7-10H,1-6H2,(H,12,13)/t7-,8-,9+,10-/m1/s1. The monoisotopic (exact) mass is 211 g/mol. The van der Waals surface area contributed by atoms with E-state index in [0.717, 1.165) is 25.3 Å². The summed E-state index contributed by atoms with van der Waals surface area (Å²) < 4.78 is 10.6. The first-order valence-electron chi connectivity index (χ1n) is 5.89. The second kappa shape index (κ2) is 3.67. The van der Waals surface area contributed by atoms with Crippen molar-refractivity contribution in [2.24, 2.45) is 11.8 Å². The zero-order chi connectivity index (χ0) is 10.3. The maximum Gasteiger partial charge on any atom is 0.407 e. The lowest BCUT2D eigenvalue weighted by Gasteiger charge is -2.28. The van der Waals surface area contributed by atoms with Gasteiger partial charge in [0.05, 0.1) is 18.8 Å². The van der Waals surface area contributed by atoms with Crippen LogP contribution in [0.5, 0.6) is 0 Å². The number of epoxide rings is 1. The summed E-state index contributed by atoms with van der Waals surface area (Å²) in [6.45, 7) is 1.31. The Morgan fingerprint density at radius 3 is 2.67 bits per heavy atom. The van der Waals surface area contributed by atoms with E-state index < -0.39 is 0 Å². The molecule has 1 amide bonds. The highest BCUT2D eigenvalue weighted by Gasteiger charge is 2.47. The summed E-state index contributed by atoms with van der Waals surface area (Å²) in [5, 5.41) is 2.78. The average Bonchev–Trinajstić information content (AvgIpc) is 2.93. The van der Waals surface area contributed by atoms with E-state index in [1.54, 1.807) is 0 Å². The predicted octanol–water partition coefficient (Wildman–Crippen LogP) is 1.30. The maximum absolute atomic E-state index is 11.1. The normalized spacial score (nSPS) is 44.7. The summed E-state index contributed by atoms with van der Waals surface area (Å²) in [5.41, 5.74) is 0. The lowest BCUT2D eigenvalue weighted by atomic mass is 9.76. The molecule has 2 saturated heterocycles. The highest BCUT2D eigenvalue weighted by Crippen LogP contribution is 2.45. The van der Waals surface area contributed by atoms with Crippen molar-refractivity contribution < 1.29 is 14.3 Å². The van der Waals surface area contributed by atoms with E-state index >= 15 is 0 Å². The quantitative estimate of drug-likeness (QED) is 0.614. The van der Waals surface area contributed by atoms with Crippen LogP contribution in [0.1, 0.15) is 25.7 Å². The van der Waals surface area contributed by atoms with Crippen molar-refractivity contribution >= 4 is 6.09 Å².